The van der Waals surface area contributed by atoms with Gasteiger partial charge in [-0.2, -0.15) is 13.2 Å². The molecule has 0 atom stereocenters. The molecule has 0 heterocycles. The van der Waals surface area contributed by atoms with E-state index in [4.69, 9.17) is 4.74 Å². The largest absolute Gasteiger partial charge is 0.484 e. The molecule has 2 N–H and O–H groups in total. The van der Waals surface area contributed by atoms with Crippen LogP contribution in [0.3, 0.4) is 0 Å². The van der Waals surface area contributed by atoms with Crippen molar-refractivity contribution < 1.29 is 27.5 Å². The lowest BCUT2D eigenvalue weighted by Gasteiger charge is -2.10. The minimum Gasteiger partial charge on any atom is -0.484 e. The number of alkyl halides is 3. The molecule has 0 saturated heterocycles. The third-order valence-corrected chi connectivity index (χ3v) is 3.78. The lowest BCUT2D eigenvalue weighted by atomic mass is 10.2. The summed E-state index contributed by atoms with van der Waals surface area (Å²) in [4.78, 5) is 23.4. The molecule has 0 bridgehead atoms. The topological polar surface area (TPSA) is 67.4 Å². The summed E-state index contributed by atoms with van der Waals surface area (Å²) in [6.45, 7) is -1.60. The van der Waals surface area contributed by atoms with Crippen LogP contribution < -0.4 is 15.4 Å². The van der Waals surface area contributed by atoms with Gasteiger partial charge in [-0.05, 0) is 71.1 Å². The van der Waals surface area contributed by atoms with Crippen LogP contribution in [0.5, 0.6) is 5.75 Å². The molecule has 2 aromatic carbocycles. The predicted molar refractivity (Wildman–Crippen MR) is 98.1 cm³/mol. The fourth-order valence-corrected chi connectivity index (χ4v) is 2.22. The minimum atomic E-state index is -4.47. The quantitative estimate of drug-likeness (QED) is 0.624. The van der Waals surface area contributed by atoms with Crippen LogP contribution in [-0.4, -0.2) is 31.1 Å². The lowest BCUT2D eigenvalue weighted by molar-refractivity contribution is -0.123. The normalized spacial score (nSPS) is 10.9. The van der Waals surface area contributed by atoms with Crippen molar-refractivity contribution in [1.82, 2.24) is 5.32 Å². The molecule has 26 heavy (non-hydrogen) atoms. The van der Waals surface area contributed by atoms with Gasteiger partial charge in [-0.25, -0.2) is 0 Å². The first-order chi connectivity index (χ1) is 12.2. The zero-order chi connectivity index (χ0) is 19.2. The highest BCUT2D eigenvalue weighted by Gasteiger charge is 2.27. The molecule has 2 aromatic rings. The van der Waals surface area contributed by atoms with Gasteiger partial charge in [0.1, 0.15) is 12.3 Å². The van der Waals surface area contributed by atoms with Gasteiger partial charge in [-0.3, -0.25) is 9.59 Å². The molecule has 9 heteroatoms. The molecule has 2 rings (SSSR count). The van der Waals surface area contributed by atoms with Crippen molar-refractivity contribution in [3.63, 3.8) is 0 Å². The Morgan fingerprint density at radius 3 is 2.19 bits per heavy atom. The molecule has 0 fully saturated rings. The highest BCUT2D eigenvalue weighted by Crippen LogP contribution is 2.15. The summed E-state index contributed by atoms with van der Waals surface area (Å²) in [5, 5.41) is 4.34. The highest BCUT2D eigenvalue weighted by molar-refractivity contribution is 14.1. The van der Waals surface area contributed by atoms with Gasteiger partial charge in [-0.15, -0.1) is 0 Å². The van der Waals surface area contributed by atoms with Gasteiger partial charge >= 0.3 is 6.18 Å². The van der Waals surface area contributed by atoms with Gasteiger partial charge in [0, 0.05) is 14.8 Å². The SMILES string of the molecule is O=C(COc1ccc(I)cc1)Nc1ccc(C(=O)NCC(F)(F)F)cc1. The zero-order valence-corrected chi connectivity index (χ0v) is 15.4. The van der Waals surface area contributed by atoms with Crippen molar-refractivity contribution in [2.75, 3.05) is 18.5 Å². The minimum absolute atomic E-state index is 0.0578. The Morgan fingerprint density at radius 2 is 1.62 bits per heavy atom. The number of carbonyl (C=O) groups excluding carboxylic acids is 2. The lowest BCUT2D eigenvalue weighted by Crippen LogP contribution is -2.33. The average molecular weight is 478 g/mol. The number of carbonyl (C=O) groups is 2. The monoisotopic (exact) mass is 478 g/mol. The fourth-order valence-electron chi connectivity index (χ4n) is 1.86. The molecule has 0 aliphatic rings. The summed E-state index contributed by atoms with van der Waals surface area (Å²) >= 11 is 2.15. The number of anilines is 1. The number of nitrogens with one attached hydrogen (secondary N) is 2. The van der Waals surface area contributed by atoms with Crippen LogP contribution in [0.25, 0.3) is 0 Å². The first-order valence-corrected chi connectivity index (χ1v) is 8.44. The summed E-state index contributed by atoms with van der Waals surface area (Å²) in [5.41, 5.74) is 0.455. The maximum atomic E-state index is 12.1. The van der Waals surface area contributed by atoms with Gasteiger partial charge in [0.15, 0.2) is 6.61 Å². The second-order valence-electron chi connectivity index (χ2n) is 5.17. The van der Waals surface area contributed by atoms with Crippen molar-refractivity contribution >= 4 is 40.1 Å². The van der Waals surface area contributed by atoms with Crippen LogP contribution in [0, 0.1) is 3.57 Å². The molecule has 0 aliphatic carbocycles. The molecule has 5 nitrogen and oxygen atoms in total. The van der Waals surface area contributed by atoms with E-state index < -0.39 is 24.5 Å². The number of ether oxygens (including phenoxy) is 1. The third kappa shape index (κ3) is 6.90. The van der Waals surface area contributed by atoms with E-state index in [0.29, 0.717) is 11.4 Å². The summed E-state index contributed by atoms with van der Waals surface area (Å²) in [6, 6.07) is 12.7. The Kier molecular flexibility index (Phi) is 6.83. The van der Waals surface area contributed by atoms with Gasteiger partial charge in [0.05, 0.1) is 0 Å². The number of rotatable bonds is 6. The van der Waals surface area contributed by atoms with E-state index in [0.717, 1.165) is 3.57 Å². The van der Waals surface area contributed by atoms with Crippen LogP contribution in [-0.2, 0) is 4.79 Å². The number of amides is 2. The second-order valence-corrected chi connectivity index (χ2v) is 6.41. The van der Waals surface area contributed by atoms with Crippen molar-refractivity contribution in [2.24, 2.45) is 0 Å². The molecule has 2 amide bonds. The zero-order valence-electron chi connectivity index (χ0n) is 13.3. The fraction of sp³-hybridized carbons (Fsp3) is 0.176. The summed E-state index contributed by atoms with van der Waals surface area (Å²) < 4.78 is 42.6. The van der Waals surface area contributed by atoms with E-state index in [-0.39, 0.29) is 12.2 Å². The third-order valence-electron chi connectivity index (χ3n) is 3.06. The van der Waals surface area contributed by atoms with Crippen LogP contribution in [0.4, 0.5) is 18.9 Å². The van der Waals surface area contributed by atoms with Gasteiger partial charge < -0.3 is 15.4 Å². The number of halogens is 4. The van der Waals surface area contributed by atoms with E-state index >= 15 is 0 Å². The molecular weight excluding hydrogens is 464 g/mol. The molecule has 0 saturated carbocycles. The molecule has 0 aliphatic heterocycles. The Hall–Kier alpha value is -2.30. The van der Waals surface area contributed by atoms with Crippen LogP contribution in [0.2, 0.25) is 0 Å². The number of hydrogen-bond acceptors (Lipinski definition) is 3. The molecular formula is C17H14F3IN2O3. The molecule has 0 spiro atoms. The average Bonchev–Trinajstić information content (AvgIpc) is 2.59. The molecule has 0 unspecified atom stereocenters. The van der Waals surface area contributed by atoms with Crippen LogP contribution >= 0.6 is 22.6 Å². The van der Waals surface area contributed by atoms with E-state index in [2.05, 4.69) is 27.9 Å². The van der Waals surface area contributed by atoms with Gasteiger partial charge in [0.25, 0.3) is 11.8 Å². The van der Waals surface area contributed by atoms with Crippen LogP contribution in [0.1, 0.15) is 10.4 Å². The number of benzene rings is 2. The number of hydrogen-bond donors (Lipinski definition) is 2. The summed E-state index contributed by atoms with van der Waals surface area (Å²) in [7, 11) is 0. The molecule has 0 aromatic heterocycles. The smallest absolute Gasteiger partial charge is 0.405 e. The maximum Gasteiger partial charge on any atom is 0.405 e. The Labute approximate surface area is 161 Å². The highest BCUT2D eigenvalue weighted by atomic mass is 127. The second kappa shape index (κ2) is 8.88. The van der Waals surface area contributed by atoms with Gasteiger partial charge in [0.2, 0.25) is 0 Å². The standard InChI is InChI=1S/C17H14F3IN2O3/c18-17(19,20)10-22-16(25)11-1-5-13(6-2-11)23-15(24)9-26-14-7-3-12(21)4-8-14/h1-8H,9-10H2,(H,22,25)(H,23,24). The van der Waals surface area contributed by atoms with Crippen molar-refractivity contribution in [2.45, 2.75) is 6.18 Å². The first-order valence-electron chi connectivity index (χ1n) is 7.36. The van der Waals surface area contributed by atoms with E-state index in [1.165, 1.54) is 24.3 Å². The van der Waals surface area contributed by atoms with E-state index in [1.807, 2.05) is 12.1 Å². The first kappa shape index (κ1) is 20.0. The molecule has 138 valence electrons. The van der Waals surface area contributed by atoms with E-state index in [9.17, 15) is 22.8 Å². The predicted octanol–water partition coefficient (Wildman–Crippen LogP) is 3.60. The van der Waals surface area contributed by atoms with Crippen molar-refractivity contribution in [3.8, 4) is 5.75 Å². The van der Waals surface area contributed by atoms with Crippen molar-refractivity contribution in [1.29, 1.82) is 0 Å². The van der Waals surface area contributed by atoms with Gasteiger partial charge in [-0.1, -0.05) is 0 Å². The van der Waals surface area contributed by atoms with Crippen LogP contribution in [0.15, 0.2) is 48.5 Å². The maximum absolute atomic E-state index is 12.1. The Bertz CT molecular complexity index is 762. The summed E-state index contributed by atoms with van der Waals surface area (Å²) in [5.74, 6) is -0.697. The van der Waals surface area contributed by atoms with E-state index in [1.54, 1.807) is 17.4 Å². The Balaban J connectivity index is 1.83. The van der Waals surface area contributed by atoms with Crippen molar-refractivity contribution in [3.05, 3.63) is 57.7 Å². The Morgan fingerprint density at radius 1 is 1.00 bits per heavy atom. The summed E-state index contributed by atoms with van der Waals surface area (Å²) in [6.07, 6.45) is -4.47. The molecule has 0 radical (unpaired) electrons.